The van der Waals surface area contributed by atoms with E-state index < -0.39 is 35.1 Å². The molecule has 0 spiro atoms. The second kappa shape index (κ2) is 10.7. The Bertz CT molecular complexity index is 1640. The molecule has 2 N–H and O–H groups in total. The normalized spacial score (nSPS) is 11.8. The number of hydrogen-bond donors (Lipinski definition) is 2. The van der Waals surface area contributed by atoms with Crippen molar-refractivity contribution in [3.05, 3.63) is 100 Å². The SMILES string of the molecule is Cn1nc(C(=O)N(CCNc2cc(C(=O)O)ccc2F)Cc2cccc(F)c2)c2c1-c1cc(F)c(F)cc1OC2. The van der Waals surface area contributed by atoms with E-state index in [1.165, 1.54) is 27.8 Å². The van der Waals surface area contributed by atoms with Crippen LogP contribution in [0.25, 0.3) is 11.3 Å². The number of anilines is 1. The molecule has 0 bridgehead atoms. The number of carbonyl (C=O) groups is 2. The Kier molecular flexibility index (Phi) is 7.16. The molecule has 0 atom stereocenters. The van der Waals surface area contributed by atoms with Crippen molar-refractivity contribution in [2.24, 2.45) is 7.05 Å². The molecule has 5 rings (SSSR count). The summed E-state index contributed by atoms with van der Waals surface area (Å²) in [5.74, 6) is -4.99. The number of aryl methyl sites for hydroxylation is 1. The van der Waals surface area contributed by atoms with Crippen molar-refractivity contribution in [2.75, 3.05) is 18.4 Å². The van der Waals surface area contributed by atoms with Gasteiger partial charge in [-0.3, -0.25) is 9.48 Å². The van der Waals surface area contributed by atoms with Crippen LogP contribution < -0.4 is 10.1 Å². The number of aromatic nitrogens is 2. The highest BCUT2D eigenvalue weighted by Crippen LogP contribution is 2.40. The maximum Gasteiger partial charge on any atom is 0.335 e. The van der Waals surface area contributed by atoms with Crippen LogP contribution >= 0.6 is 0 Å². The van der Waals surface area contributed by atoms with Crippen LogP contribution in [0.15, 0.2) is 54.6 Å². The second-order valence-electron chi connectivity index (χ2n) is 9.13. The van der Waals surface area contributed by atoms with Crippen LogP contribution in [0.1, 0.15) is 32.0 Å². The van der Waals surface area contributed by atoms with Gasteiger partial charge in [0.2, 0.25) is 0 Å². The minimum atomic E-state index is -1.22. The highest BCUT2D eigenvalue weighted by Gasteiger charge is 2.31. The van der Waals surface area contributed by atoms with E-state index in [2.05, 4.69) is 10.4 Å². The number of fused-ring (bicyclic) bond motifs is 3. The third-order valence-corrected chi connectivity index (χ3v) is 6.46. The molecule has 3 aromatic carbocycles. The molecule has 0 aliphatic carbocycles. The van der Waals surface area contributed by atoms with Gasteiger partial charge in [-0.25, -0.2) is 22.4 Å². The molecule has 12 heteroatoms. The average molecular weight is 555 g/mol. The van der Waals surface area contributed by atoms with E-state index in [1.807, 2.05) is 0 Å². The van der Waals surface area contributed by atoms with Gasteiger partial charge in [0.1, 0.15) is 24.0 Å². The molecular weight excluding hydrogens is 532 g/mol. The number of nitrogens with zero attached hydrogens (tertiary/aromatic N) is 3. The smallest absolute Gasteiger partial charge is 0.335 e. The lowest BCUT2D eigenvalue weighted by Crippen LogP contribution is -2.35. The number of carbonyl (C=O) groups excluding carboxylic acids is 1. The topological polar surface area (TPSA) is 96.7 Å². The minimum absolute atomic E-state index is 0.00309. The van der Waals surface area contributed by atoms with Gasteiger partial charge in [-0.15, -0.1) is 0 Å². The average Bonchev–Trinajstić information content (AvgIpc) is 3.26. The molecule has 0 saturated heterocycles. The molecule has 206 valence electrons. The van der Waals surface area contributed by atoms with Crippen LogP contribution in [0.2, 0.25) is 0 Å². The molecule has 0 saturated carbocycles. The highest BCUT2D eigenvalue weighted by atomic mass is 19.2. The van der Waals surface area contributed by atoms with E-state index in [0.29, 0.717) is 16.8 Å². The minimum Gasteiger partial charge on any atom is -0.488 e. The Morgan fingerprint density at radius 1 is 1.05 bits per heavy atom. The summed E-state index contributed by atoms with van der Waals surface area (Å²) in [5, 5.41) is 16.3. The number of amides is 1. The zero-order valence-electron chi connectivity index (χ0n) is 21.1. The van der Waals surface area contributed by atoms with Crippen molar-refractivity contribution >= 4 is 17.6 Å². The van der Waals surface area contributed by atoms with Crippen molar-refractivity contribution in [1.29, 1.82) is 0 Å². The van der Waals surface area contributed by atoms with E-state index in [-0.39, 0.29) is 54.5 Å². The Balaban J connectivity index is 1.44. The van der Waals surface area contributed by atoms with Crippen molar-refractivity contribution in [2.45, 2.75) is 13.2 Å². The van der Waals surface area contributed by atoms with Gasteiger partial charge in [0.25, 0.3) is 5.91 Å². The summed E-state index contributed by atoms with van der Waals surface area (Å²) in [6, 6.07) is 10.9. The van der Waals surface area contributed by atoms with Crippen molar-refractivity contribution in [3.63, 3.8) is 0 Å². The lowest BCUT2D eigenvalue weighted by Gasteiger charge is -2.24. The molecule has 40 heavy (non-hydrogen) atoms. The monoisotopic (exact) mass is 554 g/mol. The Morgan fingerprint density at radius 2 is 1.82 bits per heavy atom. The summed E-state index contributed by atoms with van der Waals surface area (Å²) in [6.45, 7) is -0.144. The van der Waals surface area contributed by atoms with Crippen LogP contribution in [0, 0.1) is 23.3 Å². The van der Waals surface area contributed by atoms with Gasteiger partial charge >= 0.3 is 5.97 Å². The van der Waals surface area contributed by atoms with E-state index in [0.717, 1.165) is 30.3 Å². The maximum absolute atomic E-state index is 14.3. The third-order valence-electron chi connectivity index (χ3n) is 6.46. The quantitative estimate of drug-likeness (QED) is 0.298. The van der Waals surface area contributed by atoms with Gasteiger partial charge in [-0.2, -0.15) is 5.10 Å². The summed E-state index contributed by atoms with van der Waals surface area (Å²) >= 11 is 0. The Hall–Kier alpha value is -4.87. The predicted molar refractivity (Wildman–Crippen MR) is 136 cm³/mol. The number of carboxylic acid groups (broad SMARTS) is 1. The molecule has 8 nitrogen and oxygen atoms in total. The van der Waals surface area contributed by atoms with Gasteiger partial charge in [-0.1, -0.05) is 12.1 Å². The van der Waals surface area contributed by atoms with E-state index in [9.17, 15) is 32.3 Å². The number of carboxylic acids is 1. The van der Waals surface area contributed by atoms with Crippen molar-refractivity contribution < 1.29 is 37.0 Å². The first-order valence-corrected chi connectivity index (χ1v) is 12.1. The first kappa shape index (κ1) is 26.7. The fraction of sp³-hybridized carbons (Fsp3) is 0.179. The summed E-state index contributed by atoms with van der Waals surface area (Å²) in [4.78, 5) is 26.4. The van der Waals surface area contributed by atoms with Crippen molar-refractivity contribution in [3.8, 4) is 17.0 Å². The number of halogens is 4. The molecule has 1 aromatic heterocycles. The van der Waals surface area contributed by atoms with Gasteiger partial charge in [0, 0.05) is 43.9 Å². The zero-order chi connectivity index (χ0) is 28.6. The van der Waals surface area contributed by atoms with E-state index in [4.69, 9.17) is 4.74 Å². The van der Waals surface area contributed by atoms with Crippen LogP contribution in [0.3, 0.4) is 0 Å². The van der Waals surface area contributed by atoms with Gasteiger partial charge in [0.15, 0.2) is 17.3 Å². The summed E-state index contributed by atoms with van der Waals surface area (Å²) in [7, 11) is 1.56. The van der Waals surface area contributed by atoms with Crippen LogP contribution in [0.5, 0.6) is 5.75 Å². The standard InChI is InChI=1S/C28H22F4N4O4/c1-35-26-18-11-21(31)22(32)12-24(18)40-14-19(26)25(34-35)27(37)36(13-15-3-2-4-17(29)9-15)8-7-33-23-10-16(28(38)39)5-6-20(23)30/h2-6,9-12,33H,7-8,13-14H2,1H3,(H,38,39). The van der Waals surface area contributed by atoms with Crippen molar-refractivity contribution in [1.82, 2.24) is 14.7 Å². The molecule has 1 aliphatic heterocycles. The first-order valence-electron chi connectivity index (χ1n) is 12.1. The van der Waals surface area contributed by atoms with E-state index in [1.54, 1.807) is 13.1 Å². The fourth-order valence-electron chi connectivity index (χ4n) is 4.57. The fourth-order valence-corrected chi connectivity index (χ4v) is 4.57. The van der Waals surface area contributed by atoms with Crippen LogP contribution in [-0.4, -0.2) is 44.8 Å². The summed E-state index contributed by atoms with van der Waals surface area (Å²) in [5.41, 5.74) is 1.30. The van der Waals surface area contributed by atoms with Gasteiger partial charge < -0.3 is 20.1 Å². The molecule has 0 radical (unpaired) electrons. The molecule has 0 fully saturated rings. The predicted octanol–water partition coefficient (Wildman–Crippen LogP) is 4.99. The van der Waals surface area contributed by atoms with E-state index >= 15 is 0 Å². The molecule has 1 aliphatic rings. The molecular formula is C28H22F4N4O4. The van der Waals surface area contributed by atoms with Gasteiger partial charge in [0.05, 0.1) is 16.9 Å². The second-order valence-corrected chi connectivity index (χ2v) is 9.13. The lowest BCUT2D eigenvalue weighted by molar-refractivity contribution is 0.0695. The molecule has 4 aromatic rings. The Labute approximate surface area is 225 Å². The zero-order valence-corrected chi connectivity index (χ0v) is 21.1. The molecule has 2 heterocycles. The summed E-state index contributed by atoms with van der Waals surface area (Å²) < 4.78 is 63.0. The highest BCUT2D eigenvalue weighted by molar-refractivity contribution is 5.96. The number of hydrogen-bond acceptors (Lipinski definition) is 5. The largest absolute Gasteiger partial charge is 0.488 e. The lowest BCUT2D eigenvalue weighted by atomic mass is 10.0. The number of nitrogens with one attached hydrogen (secondary N) is 1. The van der Waals surface area contributed by atoms with Crippen LogP contribution in [-0.2, 0) is 20.2 Å². The van der Waals surface area contributed by atoms with Crippen LogP contribution in [0.4, 0.5) is 23.2 Å². The number of benzene rings is 3. The number of rotatable bonds is 8. The molecule has 1 amide bonds. The maximum atomic E-state index is 14.3. The third kappa shape index (κ3) is 5.20. The molecule has 0 unspecified atom stereocenters. The Morgan fingerprint density at radius 3 is 2.58 bits per heavy atom. The van der Waals surface area contributed by atoms with Gasteiger partial charge in [-0.05, 0) is 42.0 Å². The summed E-state index contributed by atoms with van der Waals surface area (Å²) in [6.07, 6.45) is 0. The first-order chi connectivity index (χ1) is 19.1. The number of ether oxygens (including phenoxy) is 1. The number of aromatic carboxylic acids is 1.